The third-order valence-corrected chi connectivity index (χ3v) is 6.49. The molecule has 0 atom stereocenters. The van der Waals surface area contributed by atoms with Crippen molar-refractivity contribution in [1.29, 1.82) is 0 Å². The van der Waals surface area contributed by atoms with E-state index in [9.17, 15) is 22.4 Å². The monoisotopic (exact) mass is 429 g/mol. The maximum atomic E-state index is 14.1. The van der Waals surface area contributed by atoms with Gasteiger partial charge in [0.05, 0.1) is 5.69 Å². The summed E-state index contributed by atoms with van der Waals surface area (Å²) < 4.78 is 55.1. The van der Waals surface area contributed by atoms with Crippen molar-refractivity contribution in [2.45, 2.75) is 52.5 Å². The van der Waals surface area contributed by atoms with E-state index in [1.165, 1.54) is 4.88 Å². The van der Waals surface area contributed by atoms with Crippen molar-refractivity contribution in [3.8, 4) is 0 Å². The number of carbonyl (C=O) groups is 1. The molecule has 0 saturated heterocycles. The summed E-state index contributed by atoms with van der Waals surface area (Å²) in [5, 5.41) is 6.78. The Balaban J connectivity index is 1.55. The maximum Gasteiger partial charge on any atom is 0.257 e. The third kappa shape index (κ3) is 4.55. The fraction of sp³-hybridized carbons (Fsp3) is 0.500. The van der Waals surface area contributed by atoms with Gasteiger partial charge in [-0.15, -0.1) is 11.3 Å². The van der Waals surface area contributed by atoms with E-state index in [-0.39, 0.29) is 6.04 Å². The number of anilines is 1. The summed E-state index contributed by atoms with van der Waals surface area (Å²) in [5.74, 6) is -7.28. The van der Waals surface area contributed by atoms with Gasteiger partial charge in [-0.25, -0.2) is 22.5 Å². The fourth-order valence-corrected chi connectivity index (χ4v) is 4.32. The number of carbonyl (C=O) groups excluding carboxylic acids is 1. The molecule has 0 unspecified atom stereocenters. The highest BCUT2D eigenvalue weighted by atomic mass is 32.1. The summed E-state index contributed by atoms with van der Waals surface area (Å²) in [6.45, 7) is 5.71. The first-order valence-electron chi connectivity index (χ1n) is 9.50. The molecule has 158 valence electrons. The quantitative estimate of drug-likeness (QED) is 0.398. The van der Waals surface area contributed by atoms with Crippen molar-refractivity contribution in [2.24, 2.45) is 5.92 Å². The molecule has 1 aromatic heterocycles. The van der Waals surface area contributed by atoms with Crippen LogP contribution < -0.4 is 10.6 Å². The van der Waals surface area contributed by atoms with Gasteiger partial charge < -0.3 is 10.6 Å². The van der Waals surface area contributed by atoms with Crippen LogP contribution in [0.3, 0.4) is 0 Å². The average Bonchev–Trinajstić information content (AvgIpc) is 3.02. The van der Waals surface area contributed by atoms with Crippen LogP contribution in [-0.4, -0.2) is 23.5 Å². The van der Waals surface area contributed by atoms with Gasteiger partial charge in [0.25, 0.3) is 5.91 Å². The average molecular weight is 429 g/mol. The maximum absolute atomic E-state index is 14.1. The van der Waals surface area contributed by atoms with Gasteiger partial charge in [0.1, 0.15) is 11.4 Å². The Morgan fingerprint density at radius 2 is 1.66 bits per heavy atom. The number of hydrogen-bond acceptors (Lipinski definition) is 4. The Morgan fingerprint density at radius 3 is 2.24 bits per heavy atom. The molecule has 1 saturated carbocycles. The van der Waals surface area contributed by atoms with Crippen LogP contribution in [-0.2, 0) is 0 Å². The van der Waals surface area contributed by atoms with Crippen molar-refractivity contribution >= 4 is 22.4 Å². The minimum atomic E-state index is -1.84. The zero-order valence-electron chi connectivity index (χ0n) is 16.5. The molecular weight excluding hydrogens is 406 g/mol. The van der Waals surface area contributed by atoms with Crippen molar-refractivity contribution in [3.05, 3.63) is 45.0 Å². The number of hydrogen-bond donors (Lipinski definition) is 2. The lowest BCUT2D eigenvalue weighted by Gasteiger charge is -2.29. The molecule has 1 aliphatic rings. The van der Waals surface area contributed by atoms with E-state index in [0.29, 0.717) is 18.8 Å². The van der Waals surface area contributed by atoms with E-state index in [0.717, 1.165) is 37.1 Å². The van der Waals surface area contributed by atoms with E-state index in [1.54, 1.807) is 11.3 Å². The Bertz CT molecular complexity index is 874. The zero-order chi connectivity index (χ0) is 21.3. The molecule has 2 aromatic rings. The van der Waals surface area contributed by atoms with Gasteiger partial charge in [0.15, 0.2) is 22.6 Å². The molecule has 1 amide bonds. The lowest BCUT2D eigenvalue weighted by Crippen LogP contribution is -2.39. The lowest BCUT2D eigenvalue weighted by atomic mass is 9.86. The van der Waals surface area contributed by atoms with Crippen molar-refractivity contribution in [3.63, 3.8) is 0 Å². The predicted molar refractivity (Wildman–Crippen MR) is 104 cm³/mol. The van der Waals surface area contributed by atoms with Crippen LogP contribution in [0.2, 0.25) is 0 Å². The predicted octanol–water partition coefficient (Wildman–Crippen LogP) is 5.03. The van der Waals surface area contributed by atoms with Crippen LogP contribution in [0.15, 0.2) is 0 Å². The lowest BCUT2D eigenvalue weighted by molar-refractivity contribution is 0.0912. The number of aryl methyl sites for hydroxylation is 2. The van der Waals surface area contributed by atoms with Crippen LogP contribution in [0.5, 0.6) is 0 Å². The van der Waals surface area contributed by atoms with Crippen molar-refractivity contribution in [2.75, 3.05) is 11.9 Å². The SMILES string of the molecule is Cc1nc(NCC2CCC(NC(=O)c3c(F)c(C)c(F)c(F)c3F)CC2)sc1C. The van der Waals surface area contributed by atoms with E-state index in [1.807, 2.05) is 13.8 Å². The molecule has 9 heteroatoms. The number of benzene rings is 1. The first-order valence-corrected chi connectivity index (χ1v) is 10.3. The van der Waals surface area contributed by atoms with Crippen LogP contribution >= 0.6 is 11.3 Å². The van der Waals surface area contributed by atoms with E-state index in [4.69, 9.17) is 0 Å². The Hall–Kier alpha value is -2.16. The molecule has 1 aliphatic carbocycles. The summed E-state index contributed by atoms with van der Waals surface area (Å²) in [6, 6.07) is -0.268. The number of thiazole rings is 1. The Kier molecular flexibility index (Phi) is 6.45. The molecule has 1 heterocycles. The molecular formula is C20H23F4N3OS. The zero-order valence-corrected chi connectivity index (χ0v) is 17.3. The van der Waals surface area contributed by atoms with Gasteiger partial charge >= 0.3 is 0 Å². The van der Waals surface area contributed by atoms with Gasteiger partial charge in [0.2, 0.25) is 0 Å². The number of nitrogens with zero attached hydrogens (tertiary/aromatic N) is 1. The van der Waals surface area contributed by atoms with Gasteiger partial charge in [-0.1, -0.05) is 0 Å². The molecule has 1 aromatic carbocycles. The summed E-state index contributed by atoms with van der Waals surface area (Å²) in [6.07, 6.45) is 2.92. The minimum absolute atomic E-state index is 0.268. The molecule has 3 rings (SSSR count). The number of amides is 1. The van der Waals surface area contributed by atoms with Gasteiger partial charge in [-0.3, -0.25) is 4.79 Å². The normalized spacial score (nSPS) is 19.3. The van der Waals surface area contributed by atoms with E-state index >= 15 is 0 Å². The van der Waals surface area contributed by atoms with E-state index < -0.39 is 40.3 Å². The molecule has 0 spiro atoms. The third-order valence-electron chi connectivity index (χ3n) is 5.46. The second kappa shape index (κ2) is 8.69. The number of rotatable bonds is 5. The van der Waals surface area contributed by atoms with Crippen LogP contribution in [0.4, 0.5) is 22.7 Å². The molecule has 1 fully saturated rings. The second-order valence-electron chi connectivity index (χ2n) is 7.49. The van der Waals surface area contributed by atoms with E-state index in [2.05, 4.69) is 15.6 Å². The first kappa shape index (κ1) is 21.5. The van der Waals surface area contributed by atoms with Gasteiger partial charge in [0, 0.05) is 23.0 Å². The Morgan fingerprint density at radius 1 is 1.00 bits per heavy atom. The largest absolute Gasteiger partial charge is 0.361 e. The topological polar surface area (TPSA) is 54.0 Å². The smallest absolute Gasteiger partial charge is 0.257 e. The highest BCUT2D eigenvalue weighted by molar-refractivity contribution is 7.15. The van der Waals surface area contributed by atoms with Crippen molar-refractivity contribution in [1.82, 2.24) is 10.3 Å². The molecule has 0 bridgehead atoms. The summed E-state index contributed by atoms with van der Waals surface area (Å²) >= 11 is 1.61. The molecule has 29 heavy (non-hydrogen) atoms. The van der Waals surface area contributed by atoms with Gasteiger partial charge in [-0.2, -0.15) is 0 Å². The summed E-state index contributed by atoms with van der Waals surface area (Å²) in [4.78, 5) is 17.9. The number of halogens is 4. The Labute approximate surface area is 170 Å². The second-order valence-corrected chi connectivity index (χ2v) is 8.69. The molecule has 2 N–H and O–H groups in total. The molecule has 0 aliphatic heterocycles. The summed E-state index contributed by atoms with van der Waals surface area (Å²) in [5.41, 5.74) is -0.771. The number of nitrogens with one attached hydrogen (secondary N) is 2. The molecule has 4 nitrogen and oxygen atoms in total. The van der Waals surface area contributed by atoms with Crippen LogP contribution in [0, 0.1) is 50.0 Å². The standard InChI is InChI=1S/C20H23F4N3OS/c1-9-15(21)14(17(23)18(24)16(9)22)19(28)27-13-6-4-12(5-7-13)8-25-20-26-10(2)11(3)29-20/h12-13H,4-8H2,1-3H3,(H,25,26)(H,27,28). The number of aromatic nitrogens is 1. The minimum Gasteiger partial charge on any atom is -0.361 e. The fourth-order valence-electron chi connectivity index (χ4n) is 3.50. The van der Waals surface area contributed by atoms with Crippen molar-refractivity contribution < 1.29 is 22.4 Å². The first-order chi connectivity index (χ1) is 13.7. The van der Waals surface area contributed by atoms with Crippen LogP contribution in [0.25, 0.3) is 0 Å². The summed E-state index contributed by atoms with van der Waals surface area (Å²) in [7, 11) is 0. The molecule has 0 radical (unpaired) electrons. The highest BCUT2D eigenvalue weighted by Gasteiger charge is 2.30. The van der Waals surface area contributed by atoms with Crippen LogP contribution in [0.1, 0.15) is 52.2 Å². The van der Waals surface area contributed by atoms with Gasteiger partial charge in [-0.05, 0) is 52.4 Å². The highest BCUT2D eigenvalue weighted by Crippen LogP contribution is 2.28.